The number of carbonyl (C=O) groups excluding carboxylic acids is 2. The summed E-state index contributed by atoms with van der Waals surface area (Å²) in [5, 5.41) is 3.70. The van der Waals surface area contributed by atoms with E-state index in [0.717, 1.165) is 33.2 Å². The molecule has 0 aliphatic carbocycles. The van der Waals surface area contributed by atoms with Crippen molar-refractivity contribution in [2.24, 2.45) is 0 Å². The molecule has 0 bridgehead atoms. The summed E-state index contributed by atoms with van der Waals surface area (Å²) in [7, 11) is 0. The zero-order valence-electron chi connectivity index (χ0n) is 16.6. The quantitative estimate of drug-likeness (QED) is 0.456. The standard InChI is InChI=1S/C25H21NO4/c1-17-11-12-21-19(15-29-23(21)13-17)14-25(28)30-16-24(27)26-22-10-6-5-9-20(22)18-7-3-2-4-8-18/h2-13,15H,14,16H2,1H3,(H,26,27). The van der Waals surface area contributed by atoms with E-state index in [0.29, 0.717) is 5.69 Å². The predicted molar refractivity (Wildman–Crippen MR) is 116 cm³/mol. The number of fused-ring (bicyclic) bond motifs is 1. The van der Waals surface area contributed by atoms with Crippen molar-refractivity contribution in [1.29, 1.82) is 0 Å². The van der Waals surface area contributed by atoms with Crippen LogP contribution in [0.1, 0.15) is 11.1 Å². The Morgan fingerprint density at radius 2 is 1.73 bits per heavy atom. The van der Waals surface area contributed by atoms with Crippen molar-refractivity contribution in [3.63, 3.8) is 0 Å². The monoisotopic (exact) mass is 399 g/mol. The van der Waals surface area contributed by atoms with Gasteiger partial charge in [-0.1, -0.05) is 60.7 Å². The molecule has 5 nitrogen and oxygen atoms in total. The molecular weight excluding hydrogens is 378 g/mol. The number of rotatable bonds is 6. The molecule has 5 heteroatoms. The van der Waals surface area contributed by atoms with Crippen LogP contribution in [-0.2, 0) is 20.7 Å². The third-order valence-electron chi connectivity index (χ3n) is 4.80. The fraction of sp³-hybridized carbons (Fsp3) is 0.120. The Balaban J connectivity index is 1.37. The first-order valence-corrected chi connectivity index (χ1v) is 9.67. The van der Waals surface area contributed by atoms with Gasteiger partial charge in [-0.15, -0.1) is 0 Å². The second-order valence-electron chi connectivity index (χ2n) is 7.06. The van der Waals surface area contributed by atoms with E-state index in [4.69, 9.17) is 9.15 Å². The van der Waals surface area contributed by atoms with Crippen LogP contribution in [0.3, 0.4) is 0 Å². The molecule has 4 rings (SSSR count). The lowest BCUT2D eigenvalue weighted by Gasteiger charge is -2.11. The molecule has 0 saturated heterocycles. The molecule has 1 N–H and O–H groups in total. The SMILES string of the molecule is Cc1ccc2c(CC(=O)OCC(=O)Nc3ccccc3-c3ccccc3)coc2c1. The lowest BCUT2D eigenvalue weighted by atomic mass is 10.0. The Kier molecular flexibility index (Phi) is 5.61. The molecule has 0 radical (unpaired) electrons. The first-order chi connectivity index (χ1) is 14.6. The van der Waals surface area contributed by atoms with Gasteiger partial charge in [-0.3, -0.25) is 9.59 Å². The highest BCUT2D eigenvalue weighted by Gasteiger charge is 2.14. The van der Waals surface area contributed by atoms with Gasteiger partial charge in [0.15, 0.2) is 6.61 Å². The Bertz CT molecular complexity index is 1190. The van der Waals surface area contributed by atoms with E-state index in [1.54, 1.807) is 6.26 Å². The minimum absolute atomic E-state index is 0.0456. The highest BCUT2D eigenvalue weighted by atomic mass is 16.5. The Morgan fingerprint density at radius 1 is 0.967 bits per heavy atom. The van der Waals surface area contributed by atoms with Gasteiger partial charge in [0, 0.05) is 22.2 Å². The Hall–Kier alpha value is -3.86. The number of hydrogen-bond acceptors (Lipinski definition) is 4. The maximum absolute atomic E-state index is 12.3. The first kappa shape index (κ1) is 19.5. The summed E-state index contributed by atoms with van der Waals surface area (Å²) in [6, 6.07) is 23.1. The molecule has 1 amide bonds. The number of para-hydroxylation sites is 1. The number of anilines is 1. The van der Waals surface area contributed by atoms with Crippen molar-refractivity contribution in [3.05, 3.63) is 90.2 Å². The van der Waals surface area contributed by atoms with E-state index in [9.17, 15) is 9.59 Å². The van der Waals surface area contributed by atoms with Gasteiger partial charge in [-0.25, -0.2) is 0 Å². The van der Waals surface area contributed by atoms with Gasteiger partial charge in [0.1, 0.15) is 5.58 Å². The Labute approximate surface area is 174 Å². The third kappa shape index (κ3) is 4.41. The van der Waals surface area contributed by atoms with Gasteiger partial charge in [0.2, 0.25) is 0 Å². The number of esters is 1. The second-order valence-corrected chi connectivity index (χ2v) is 7.06. The van der Waals surface area contributed by atoms with Crippen LogP contribution in [-0.4, -0.2) is 18.5 Å². The number of ether oxygens (including phenoxy) is 1. The third-order valence-corrected chi connectivity index (χ3v) is 4.80. The highest BCUT2D eigenvalue weighted by Crippen LogP contribution is 2.27. The summed E-state index contributed by atoms with van der Waals surface area (Å²) in [4.78, 5) is 24.6. The molecule has 4 aromatic rings. The second kappa shape index (κ2) is 8.66. The average molecular weight is 399 g/mol. The van der Waals surface area contributed by atoms with Gasteiger partial charge in [0.05, 0.1) is 12.7 Å². The summed E-state index contributed by atoms with van der Waals surface area (Å²) >= 11 is 0. The van der Waals surface area contributed by atoms with Crippen molar-refractivity contribution in [2.45, 2.75) is 13.3 Å². The molecule has 0 fully saturated rings. The van der Waals surface area contributed by atoms with Crippen LogP contribution in [0, 0.1) is 6.92 Å². The molecule has 30 heavy (non-hydrogen) atoms. The van der Waals surface area contributed by atoms with E-state index in [2.05, 4.69) is 5.32 Å². The Morgan fingerprint density at radius 3 is 2.57 bits per heavy atom. The molecule has 1 heterocycles. The van der Waals surface area contributed by atoms with Crippen LogP contribution in [0.15, 0.2) is 83.5 Å². The van der Waals surface area contributed by atoms with Gasteiger partial charge >= 0.3 is 5.97 Å². The van der Waals surface area contributed by atoms with Gasteiger partial charge in [0.25, 0.3) is 5.91 Å². The number of amides is 1. The van der Waals surface area contributed by atoms with E-state index < -0.39 is 5.97 Å². The van der Waals surface area contributed by atoms with Crippen LogP contribution >= 0.6 is 0 Å². The molecular formula is C25H21NO4. The van der Waals surface area contributed by atoms with Crippen molar-refractivity contribution in [1.82, 2.24) is 0 Å². The number of aryl methyl sites for hydroxylation is 1. The molecule has 0 aliphatic heterocycles. The van der Waals surface area contributed by atoms with Gasteiger partial charge in [-0.2, -0.15) is 0 Å². The van der Waals surface area contributed by atoms with Crippen molar-refractivity contribution in [3.8, 4) is 11.1 Å². The number of carbonyl (C=O) groups is 2. The van der Waals surface area contributed by atoms with Crippen LogP contribution in [0.25, 0.3) is 22.1 Å². The summed E-state index contributed by atoms with van der Waals surface area (Å²) in [5.74, 6) is -0.871. The zero-order valence-corrected chi connectivity index (χ0v) is 16.6. The van der Waals surface area contributed by atoms with E-state index in [-0.39, 0.29) is 18.9 Å². The van der Waals surface area contributed by atoms with Crippen LogP contribution < -0.4 is 5.32 Å². The summed E-state index contributed by atoms with van der Waals surface area (Å²) in [6.07, 6.45) is 1.60. The smallest absolute Gasteiger partial charge is 0.310 e. The normalized spacial score (nSPS) is 10.7. The number of hydrogen-bond donors (Lipinski definition) is 1. The predicted octanol–water partition coefficient (Wildman–Crippen LogP) is 5.13. The molecule has 150 valence electrons. The van der Waals surface area contributed by atoms with Crippen LogP contribution in [0.2, 0.25) is 0 Å². The van der Waals surface area contributed by atoms with E-state index in [1.165, 1.54) is 0 Å². The summed E-state index contributed by atoms with van der Waals surface area (Å²) < 4.78 is 10.7. The average Bonchev–Trinajstić information content (AvgIpc) is 3.15. The number of nitrogens with one attached hydrogen (secondary N) is 1. The van der Waals surface area contributed by atoms with Crippen molar-refractivity contribution >= 4 is 28.5 Å². The molecule has 1 aromatic heterocycles. The molecule has 0 atom stereocenters. The van der Waals surface area contributed by atoms with Gasteiger partial charge < -0.3 is 14.5 Å². The van der Waals surface area contributed by atoms with Crippen LogP contribution in [0.4, 0.5) is 5.69 Å². The van der Waals surface area contributed by atoms with Crippen molar-refractivity contribution in [2.75, 3.05) is 11.9 Å². The summed E-state index contributed by atoms with van der Waals surface area (Å²) in [6.45, 7) is 1.63. The molecule has 0 spiro atoms. The fourth-order valence-corrected chi connectivity index (χ4v) is 3.33. The molecule has 0 aliphatic rings. The summed E-state index contributed by atoms with van der Waals surface area (Å²) in [5.41, 5.74) is 5.11. The fourth-order valence-electron chi connectivity index (χ4n) is 3.33. The van der Waals surface area contributed by atoms with Gasteiger partial charge in [-0.05, 0) is 30.2 Å². The van der Waals surface area contributed by atoms with Crippen LogP contribution in [0.5, 0.6) is 0 Å². The molecule has 0 saturated carbocycles. The maximum Gasteiger partial charge on any atom is 0.310 e. The molecule has 0 unspecified atom stereocenters. The minimum atomic E-state index is -0.482. The number of benzene rings is 3. The minimum Gasteiger partial charge on any atom is -0.464 e. The van der Waals surface area contributed by atoms with Crippen molar-refractivity contribution < 1.29 is 18.7 Å². The largest absolute Gasteiger partial charge is 0.464 e. The topological polar surface area (TPSA) is 68.5 Å². The zero-order chi connectivity index (χ0) is 20.9. The highest BCUT2D eigenvalue weighted by molar-refractivity contribution is 5.97. The first-order valence-electron chi connectivity index (χ1n) is 9.67. The lowest BCUT2D eigenvalue weighted by Crippen LogP contribution is -2.21. The van der Waals surface area contributed by atoms with E-state index in [1.807, 2.05) is 79.7 Å². The molecule has 3 aromatic carbocycles. The van der Waals surface area contributed by atoms with E-state index >= 15 is 0 Å². The maximum atomic E-state index is 12.3. The lowest BCUT2D eigenvalue weighted by molar-refractivity contribution is -0.146. The number of furan rings is 1.